The summed E-state index contributed by atoms with van der Waals surface area (Å²) in [5.41, 5.74) is 4.76. The maximum absolute atomic E-state index is 14.1. The molecule has 3 N–H and O–H groups in total. The molecule has 3 aromatic rings. The Kier molecular flexibility index (Phi) is 9.64. The van der Waals surface area contributed by atoms with Gasteiger partial charge in [0.1, 0.15) is 0 Å². The molecule has 0 aliphatic carbocycles. The Morgan fingerprint density at radius 3 is 2.31 bits per heavy atom. The van der Waals surface area contributed by atoms with Gasteiger partial charge in [-0.15, -0.1) is 0 Å². The molecule has 13 nitrogen and oxygen atoms in total. The van der Waals surface area contributed by atoms with Gasteiger partial charge in [0, 0.05) is 83.1 Å². The number of aromatic amines is 2. The third kappa shape index (κ3) is 7.32. The third-order valence-corrected chi connectivity index (χ3v) is 11.0. The summed E-state index contributed by atoms with van der Waals surface area (Å²) in [6.45, 7) is 8.87. The number of nitrogens with one attached hydrogen (secondary N) is 3. The highest BCUT2D eigenvalue weighted by Crippen LogP contribution is 2.26. The molecule has 262 valence electrons. The first-order valence-corrected chi connectivity index (χ1v) is 17.8. The first kappa shape index (κ1) is 33.2. The van der Waals surface area contributed by atoms with Crippen molar-refractivity contribution < 1.29 is 19.1 Å². The standard InChI is InChI=1S/C36H48N8O5/c1-24-21-25(22-30-32(24)39-34(46)37-30)23-31(33(45)42-12-8-27(9-13-42)41-19-17-40(2)18-20-41)49-36(48)43-14-10-28(11-15-43)44-16-7-26-5-3-4-6-29(26)38-35(44)47/h3-6,21-22,27-28,31H,7-20,23H2,1-2H3,(H,38,47)(H2,37,39,46). The largest absolute Gasteiger partial charge is 0.436 e. The number of imidazole rings is 1. The van der Waals surface area contributed by atoms with Crippen LogP contribution in [0, 0.1) is 6.92 Å². The number of benzene rings is 2. The zero-order valence-corrected chi connectivity index (χ0v) is 28.6. The predicted octanol–water partition coefficient (Wildman–Crippen LogP) is 3.01. The fourth-order valence-electron chi connectivity index (χ4n) is 8.04. The Morgan fingerprint density at radius 2 is 1.55 bits per heavy atom. The van der Waals surface area contributed by atoms with Crippen molar-refractivity contribution in [3.05, 3.63) is 63.6 Å². The topological polar surface area (TPSA) is 137 Å². The Bertz CT molecular complexity index is 1730. The van der Waals surface area contributed by atoms with Crippen LogP contribution in [0.2, 0.25) is 0 Å². The second-order valence-corrected chi connectivity index (χ2v) is 14.1. The van der Waals surface area contributed by atoms with Crippen LogP contribution >= 0.6 is 0 Å². The van der Waals surface area contributed by atoms with Gasteiger partial charge in [-0.2, -0.15) is 0 Å². The van der Waals surface area contributed by atoms with E-state index >= 15 is 0 Å². The lowest BCUT2D eigenvalue weighted by Crippen LogP contribution is -2.54. The minimum absolute atomic E-state index is 0.00981. The molecule has 0 saturated carbocycles. The highest BCUT2D eigenvalue weighted by atomic mass is 16.6. The number of piperidine rings is 2. The minimum Gasteiger partial charge on any atom is -0.436 e. The van der Waals surface area contributed by atoms with Gasteiger partial charge in [0.2, 0.25) is 0 Å². The minimum atomic E-state index is -0.997. The van der Waals surface area contributed by atoms with Crippen LogP contribution in [0.25, 0.3) is 11.0 Å². The molecular formula is C36H48N8O5. The number of H-pyrrole nitrogens is 2. The van der Waals surface area contributed by atoms with Crippen LogP contribution in [0.4, 0.5) is 15.3 Å². The summed E-state index contributed by atoms with van der Waals surface area (Å²) in [4.78, 5) is 68.9. The molecule has 5 heterocycles. The van der Waals surface area contributed by atoms with E-state index in [1.165, 1.54) is 0 Å². The molecule has 7 rings (SSSR count). The monoisotopic (exact) mass is 672 g/mol. The number of piperazine rings is 1. The van der Waals surface area contributed by atoms with E-state index in [1.807, 2.05) is 53.1 Å². The van der Waals surface area contributed by atoms with Gasteiger partial charge >= 0.3 is 17.8 Å². The second kappa shape index (κ2) is 14.2. The summed E-state index contributed by atoms with van der Waals surface area (Å²) in [6, 6.07) is 12.0. The molecule has 1 aromatic heterocycles. The van der Waals surface area contributed by atoms with E-state index in [9.17, 15) is 19.2 Å². The summed E-state index contributed by atoms with van der Waals surface area (Å²) >= 11 is 0. The van der Waals surface area contributed by atoms with Crippen molar-refractivity contribution in [3.63, 3.8) is 0 Å². The Balaban J connectivity index is 1.01. The number of anilines is 1. The normalized spacial score (nSPS) is 20.9. The number of ether oxygens (including phenoxy) is 1. The first-order valence-electron chi connectivity index (χ1n) is 17.8. The molecule has 0 radical (unpaired) electrons. The number of hydrogen-bond donors (Lipinski definition) is 3. The van der Waals surface area contributed by atoms with E-state index in [2.05, 4.69) is 32.1 Å². The molecule has 13 heteroatoms. The second-order valence-electron chi connectivity index (χ2n) is 14.1. The maximum Gasteiger partial charge on any atom is 0.410 e. The SMILES string of the molecule is Cc1cc(CC(OC(=O)N2CCC(N3CCc4ccccc4NC3=O)CC2)C(=O)N2CCC(N3CCN(C)CC3)CC2)cc2[nH]c(=O)[nH]c12. The fourth-order valence-corrected chi connectivity index (χ4v) is 8.04. The Morgan fingerprint density at radius 1 is 0.857 bits per heavy atom. The van der Waals surface area contributed by atoms with E-state index in [4.69, 9.17) is 4.74 Å². The number of likely N-dealkylation sites (N-methyl/N-ethyl adjacent to an activating group) is 1. The van der Waals surface area contributed by atoms with Gasteiger partial charge in [0.25, 0.3) is 5.91 Å². The maximum atomic E-state index is 14.1. The number of aryl methyl sites for hydroxylation is 1. The number of rotatable bonds is 6. The van der Waals surface area contributed by atoms with Crippen LogP contribution in [0.5, 0.6) is 0 Å². The lowest BCUT2D eigenvalue weighted by molar-refractivity contribution is -0.142. The van der Waals surface area contributed by atoms with Crippen LogP contribution in [0.1, 0.15) is 42.4 Å². The van der Waals surface area contributed by atoms with Crippen molar-refractivity contribution >= 4 is 34.8 Å². The van der Waals surface area contributed by atoms with Crippen molar-refractivity contribution in [3.8, 4) is 0 Å². The van der Waals surface area contributed by atoms with Gasteiger partial charge in [-0.3, -0.25) is 9.69 Å². The molecule has 2 aromatic carbocycles. The lowest BCUT2D eigenvalue weighted by Gasteiger charge is -2.42. The number of amides is 4. The van der Waals surface area contributed by atoms with Crippen LogP contribution in [-0.2, 0) is 22.4 Å². The van der Waals surface area contributed by atoms with E-state index in [0.717, 1.165) is 73.3 Å². The van der Waals surface area contributed by atoms with Crippen LogP contribution in [-0.4, -0.2) is 137 Å². The van der Waals surface area contributed by atoms with Gasteiger partial charge in [-0.05, 0) is 74.9 Å². The zero-order valence-electron chi connectivity index (χ0n) is 28.6. The van der Waals surface area contributed by atoms with Crippen LogP contribution in [0.3, 0.4) is 0 Å². The van der Waals surface area contributed by atoms with Gasteiger partial charge in [-0.25, -0.2) is 14.4 Å². The molecule has 1 unspecified atom stereocenters. The first-order chi connectivity index (χ1) is 23.7. The molecule has 0 spiro atoms. The number of urea groups is 1. The molecule has 4 amide bonds. The van der Waals surface area contributed by atoms with Crippen molar-refractivity contribution in [1.29, 1.82) is 0 Å². The van der Waals surface area contributed by atoms with Gasteiger partial charge in [0.15, 0.2) is 6.10 Å². The summed E-state index contributed by atoms with van der Waals surface area (Å²) in [5.74, 6) is -0.179. The third-order valence-electron chi connectivity index (χ3n) is 11.0. The van der Waals surface area contributed by atoms with Crippen molar-refractivity contribution in [2.75, 3.05) is 71.3 Å². The molecule has 0 bridgehead atoms. The number of fused-ring (bicyclic) bond motifs is 2. The van der Waals surface area contributed by atoms with E-state index in [0.29, 0.717) is 57.1 Å². The van der Waals surface area contributed by atoms with E-state index in [-0.39, 0.29) is 30.1 Å². The summed E-state index contributed by atoms with van der Waals surface area (Å²) in [6.07, 6.45) is 2.53. The van der Waals surface area contributed by atoms with Crippen molar-refractivity contribution in [1.82, 2.24) is 34.5 Å². The summed E-state index contributed by atoms with van der Waals surface area (Å²) < 4.78 is 6.09. The molecule has 1 atom stereocenters. The van der Waals surface area contributed by atoms with E-state index < -0.39 is 12.2 Å². The Labute approximate surface area is 286 Å². The molecule has 3 fully saturated rings. The zero-order chi connectivity index (χ0) is 34.1. The smallest absolute Gasteiger partial charge is 0.410 e. The average molecular weight is 673 g/mol. The van der Waals surface area contributed by atoms with Gasteiger partial charge in [0.05, 0.1) is 11.0 Å². The van der Waals surface area contributed by atoms with E-state index in [1.54, 1.807) is 4.90 Å². The van der Waals surface area contributed by atoms with Gasteiger partial charge in [-0.1, -0.05) is 24.3 Å². The van der Waals surface area contributed by atoms with Crippen LogP contribution in [0.15, 0.2) is 41.2 Å². The number of likely N-dealkylation sites (tertiary alicyclic amines) is 2. The lowest BCUT2D eigenvalue weighted by atomic mass is 9.99. The Hall–Kier alpha value is -4.36. The number of carbonyl (C=O) groups is 3. The molecule has 4 aliphatic rings. The fraction of sp³-hybridized carbons (Fsp3) is 0.556. The summed E-state index contributed by atoms with van der Waals surface area (Å²) in [7, 11) is 2.16. The predicted molar refractivity (Wildman–Crippen MR) is 187 cm³/mol. The molecular weight excluding hydrogens is 624 g/mol. The highest BCUT2D eigenvalue weighted by Gasteiger charge is 2.36. The highest BCUT2D eigenvalue weighted by molar-refractivity contribution is 5.91. The quantitative estimate of drug-likeness (QED) is 0.366. The molecule has 3 saturated heterocycles. The number of aromatic nitrogens is 2. The van der Waals surface area contributed by atoms with Gasteiger partial charge < -0.3 is 39.6 Å². The number of nitrogens with zero attached hydrogens (tertiary/aromatic N) is 5. The number of hydrogen-bond acceptors (Lipinski definition) is 7. The molecule has 49 heavy (non-hydrogen) atoms. The van der Waals surface area contributed by atoms with Crippen LogP contribution < -0.4 is 11.0 Å². The summed E-state index contributed by atoms with van der Waals surface area (Å²) in [5, 5.41) is 3.05. The van der Waals surface area contributed by atoms with Crippen molar-refractivity contribution in [2.45, 2.75) is 63.6 Å². The number of para-hydroxylation sites is 1. The molecule has 4 aliphatic heterocycles. The number of carbonyl (C=O) groups excluding carboxylic acids is 3. The average Bonchev–Trinajstić information content (AvgIpc) is 3.40. The van der Waals surface area contributed by atoms with Crippen molar-refractivity contribution in [2.24, 2.45) is 0 Å².